The van der Waals surface area contributed by atoms with Crippen LogP contribution in [0.2, 0.25) is 0 Å². The molecule has 1 aliphatic rings. The van der Waals surface area contributed by atoms with E-state index in [1.807, 2.05) is 6.92 Å². The van der Waals surface area contributed by atoms with Crippen LogP contribution in [-0.2, 0) is 0 Å². The second-order valence-corrected chi connectivity index (χ2v) is 5.31. The summed E-state index contributed by atoms with van der Waals surface area (Å²) in [6.07, 6.45) is 2.58. The molecule has 1 rings (SSSR count). The monoisotopic (exact) mass is 266 g/mol. The Morgan fingerprint density at radius 2 is 1.72 bits per heavy atom. The lowest BCUT2D eigenvalue weighted by Gasteiger charge is -2.37. The maximum Gasteiger partial charge on any atom is 0.401 e. The number of nitrogens with two attached hydrogens (primary N) is 1. The molecule has 1 saturated carbocycles. The number of hydrogen-bond donors (Lipinski definition) is 1. The zero-order valence-corrected chi connectivity index (χ0v) is 11.2. The molecule has 108 valence electrons. The average Bonchev–Trinajstić information content (AvgIpc) is 2.22. The number of rotatable bonds is 4. The van der Waals surface area contributed by atoms with Gasteiger partial charge in [-0.15, -0.1) is 0 Å². The fourth-order valence-corrected chi connectivity index (χ4v) is 2.83. The largest absolute Gasteiger partial charge is 0.401 e. The van der Waals surface area contributed by atoms with Gasteiger partial charge >= 0.3 is 6.18 Å². The standard InChI is InChI=1S/C13H25F3N2/c1-2-9-18(10-13(14,15)16)12-8-6-4-3-5-7-11(12)17/h11-12H,2-10,17H2,1H3. The van der Waals surface area contributed by atoms with Gasteiger partial charge in [-0.1, -0.05) is 32.6 Å². The molecule has 0 aromatic carbocycles. The SMILES string of the molecule is CCCN(CC(F)(F)F)C1CCCCCCC1N. The van der Waals surface area contributed by atoms with Gasteiger partial charge in [-0.25, -0.2) is 0 Å². The van der Waals surface area contributed by atoms with E-state index in [0.29, 0.717) is 6.54 Å². The van der Waals surface area contributed by atoms with E-state index >= 15 is 0 Å². The average molecular weight is 266 g/mol. The molecule has 0 amide bonds. The highest BCUT2D eigenvalue weighted by Crippen LogP contribution is 2.25. The van der Waals surface area contributed by atoms with E-state index in [1.165, 1.54) is 0 Å². The molecule has 2 N–H and O–H groups in total. The fourth-order valence-electron chi connectivity index (χ4n) is 2.83. The second kappa shape index (κ2) is 7.34. The van der Waals surface area contributed by atoms with E-state index in [1.54, 1.807) is 4.90 Å². The van der Waals surface area contributed by atoms with Crippen LogP contribution in [0.5, 0.6) is 0 Å². The molecule has 2 nitrogen and oxygen atoms in total. The van der Waals surface area contributed by atoms with E-state index in [-0.39, 0.29) is 12.1 Å². The summed E-state index contributed by atoms with van der Waals surface area (Å²) in [6, 6.07) is -0.217. The van der Waals surface area contributed by atoms with Gasteiger partial charge in [0.15, 0.2) is 0 Å². The fraction of sp³-hybridized carbons (Fsp3) is 1.00. The summed E-state index contributed by atoms with van der Waals surface area (Å²) in [5.74, 6) is 0. The third-order valence-electron chi connectivity index (χ3n) is 3.64. The molecule has 0 saturated heterocycles. The third kappa shape index (κ3) is 5.57. The van der Waals surface area contributed by atoms with Crippen LogP contribution in [0.3, 0.4) is 0 Å². The third-order valence-corrected chi connectivity index (χ3v) is 3.64. The van der Waals surface area contributed by atoms with E-state index < -0.39 is 12.7 Å². The van der Waals surface area contributed by atoms with Crippen molar-refractivity contribution in [3.05, 3.63) is 0 Å². The van der Waals surface area contributed by atoms with E-state index in [0.717, 1.165) is 44.9 Å². The molecular weight excluding hydrogens is 241 g/mol. The van der Waals surface area contributed by atoms with Crippen LogP contribution < -0.4 is 5.73 Å². The molecule has 0 aromatic rings. The number of halogens is 3. The zero-order valence-electron chi connectivity index (χ0n) is 11.2. The minimum Gasteiger partial charge on any atom is -0.326 e. The molecule has 1 aliphatic carbocycles. The quantitative estimate of drug-likeness (QED) is 0.846. The Morgan fingerprint density at radius 1 is 1.11 bits per heavy atom. The molecule has 0 aliphatic heterocycles. The van der Waals surface area contributed by atoms with Crippen molar-refractivity contribution in [3.8, 4) is 0 Å². The lowest BCUT2D eigenvalue weighted by atomic mass is 9.91. The topological polar surface area (TPSA) is 29.3 Å². The molecule has 0 aromatic heterocycles. The molecule has 2 unspecified atom stereocenters. The van der Waals surface area contributed by atoms with Gasteiger partial charge < -0.3 is 5.73 Å². The molecule has 2 atom stereocenters. The Hall–Kier alpha value is -0.290. The van der Waals surface area contributed by atoms with Crippen LogP contribution in [0.15, 0.2) is 0 Å². The zero-order chi connectivity index (χ0) is 13.6. The first-order valence-electron chi connectivity index (χ1n) is 7.00. The van der Waals surface area contributed by atoms with Crippen molar-refractivity contribution in [2.24, 2.45) is 5.73 Å². The Labute approximate surface area is 108 Å². The van der Waals surface area contributed by atoms with Crippen molar-refractivity contribution < 1.29 is 13.2 Å². The van der Waals surface area contributed by atoms with Gasteiger partial charge in [0, 0.05) is 12.1 Å². The van der Waals surface area contributed by atoms with E-state index in [2.05, 4.69) is 0 Å². The van der Waals surface area contributed by atoms with Crippen molar-refractivity contribution in [2.75, 3.05) is 13.1 Å². The molecule has 5 heteroatoms. The van der Waals surface area contributed by atoms with Crippen molar-refractivity contribution in [3.63, 3.8) is 0 Å². The molecule has 1 fully saturated rings. The minimum absolute atomic E-state index is 0.105. The summed E-state index contributed by atoms with van der Waals surface area (Å²) in [5, 5.41) is 0. The highest BCUT2D eigenvalue weighted by Gasteiger charge is 2.35. The van der Waals surface area contributed by atoms with Crippen molar-refractivity contribution in [1.29, 1.82) is 0 Å². The predicted octanol–water partition coefficient (Wildman–Crippen LogP) is 3.31. The van der Waals surface area contributed by atoms with Gasteiger partial charge in [0.1, 0.15) is 0 Å². The maximum absolute atomic E-state index is 12.6. The number of nitrogens with zero attached hydrogens (tertiary/aromatic N) is 1. The van der Waals surface area contributed by atoms with Gasteiger partial charge in [0.25, 0.3) is 0 Å². The predicted molar refractivity (Wildman–Crippen MR) is 67.4 cm³/mol. The first-order chi connectivity index (χ1) is 8.44. The van der Waals surface area contributed by atoms with Crippen molar-refractivity contribution in [1.82, 2.24) is 4.90 Å². The first-order valence-corrected chi connectivity index (χ1v) is 7.00. The molecular formula is C13H25F3N2. The summed E-state index contributed by atoms with van der Waals surface area (Å²) in [6.45, 7) is 1.58. The minimum atomic E-state index is -4.13. The Kier molecular flexibility index (Phi) is 6.43. The second-order valence-electron chi connectivity index (χ2n) is 5.31. The molecule has 0 heterocycles. The Bertz CT molecular complexity index is 231. The van der Waals surface area contributed by atoms with Gasteiger partial charge in [-0.2, -0.15) is 13.2 Å². The van der Waals surface area contributed by atoms with Gasteiger partial charge in [0.2, 0.25) is 0 Å². The molecule has 0 radical (unpaired) electrons. The van der Waals surface area contributed by atoms with E-state index in [9.17, 15) is 13.2 Å². The first kappa shape index (κ1) is 15.8. The molecule has 0 spiro atoms. The number of hydrogen-bond acceptors (Lipinski definition) is 2. The van der Waals surface area contributed by atoms with Crippen LogP contribution in [0.1, 0.15) is 51.9 Å². The van der Waals surface area contributed by atoms with Crippen LogP contribution in [-0.4, -0.2) is 36.2 Å². The highest BCUT2D eigenvalue weighted by atomic mass is 19.4. The number of alkyl halides is 3. The summed E-state index contributed by atoms with van der Waals surface area (Å²) < 4.78 is 37.8. The maximum atomic E-state index is 12.6. The highest BCUT2D eigenvalue weighted by molar-refractivity contribution is 4.84. The Balaban J connectivity index is 2.67. The van der Waals surface area contributed by atoms with Gasteiger partial charge in [-0.3, -0.25) is 4.90 Å². The van der Waals surface area contributed by atoms with Crippen molar-refractivity contribution in [2.45, 2.75) is 70.1 Å². The van der Waals surface area contributed by atoms with Crippen molar-refractivity contribution >= 4 is 0 Å². The summed E-state index contributed by atoms with van der Waals surface area (Å²) in [4.78, 5) is 1.55. The lowest BCUT2D eigenvalue weighted by molar-refractivity contribution is -0.152. The van der Waals surface area contributed by atoms with Gasteiger partial charge in [-0.05, 0) is 25.8 Å². The summed E-state index contributed by atoms with van der Waals surface area (Å²) in [5.41, 5.74) is 6.09. The molecule has 18 heavy (non-hydrogen) atoms. The molecule has 0 bridgehead atoms. The van der Waals surface area contributed by atoms with Crippen LogP contribution >= 0.6 is 0 Å². The normalized spacial score (nSPS) is 27.0. The smallest absolute Gasteiger partial charge is 0.326 e. The summed E-state index contributed by atoms with van der Waals surface area (Å²) in [7, 11) is 0. The van der Waals surface area contributed by atoms with Crippen LogP contribution in [0.25, 0.3) is 0 Å². The lowest BCUT2D eigenvalue weighted by Crippen LogP contribution is -2.51. The van der Waals surface area contributed by atoms with Gasteiger partial charge in [0.05, 0.1) is 6.54 Å². The van der Waals surface area contributed by atoms with E-state index in [4.69, 9.17) is 5.73 Å². The van der Waals surface area contributed by atoms with Crippen LogP contribution in [0, 0.1) is 0 Å². The van der Waals surface area contributed by atoms with Crippen LogP contribution in [0.4, 0.5) is 13.2 Å². The Morgan fingerprint density at radius 3 is 2.28 bits per heavy atom. The summed E-state index contributed by atoms with van der Waals surface area (Å²) >= 11 is 0.